The van der Waals surface area contributed by atoms with E-state index in [-0.39, 0.29) is 16.9 Å². The van der Waals surface area contributed by atoms with Gasteiger partial charge in [-0.2, -0.15) is 4.98 Å². The van der Waals surface area contributed by atoms with Gasteiger partial charge in [0, 0.05) is 17.7 Å². The molecule has 0 aliphatic carbocycles. The number of rotatable bonds is 3. The first-order valence-corrected chi connectivity index (χ1v) is 8.36. The number of benzene rings is 1. The van der Waals surface area contributed by atoms with Crippen LogP contribution in [-0.4, -0.2) is 21.0 Å². The minimum absolute atomic E-state index is 0.171. The summed E-state index contributed by atoms with van der Waals surface area (Å²) in [6, 6.07) is 8.82. The fraction of sp³-hybridized carbons (Fsp3) is 0.176. The van der Waals surface area contributed by atoms with Crippen LogP contribution in [0.15, 0.2) is 40.9 Å². The van der Waals surface area contributed by atoms with E-state index in [1.807, 2.05) is 0 Å². The zero-order chi connectivity index (χ0) is 18.0. The molecular weight excluding hydrogens is 360 g/mol. The molecule has 0 spiro atoms. The Morgan fingerprint density at radius 3 is 2.84 bits per heavy atom. The first kappa shape index (κ1) is 17.3. The van der Waals surface area contributed by atoms with E-state index in [2.05, 4.69) is 20.6 Å². The molecule has 3 rings (SSSR count). The summed E-state index contributed by atoms with van der Waals surface area (Å²) in [6.07, 6.45) is 1.65. The fourth-order valence-electron chi connectivity index (χ4n) is 2.06. The lowest BCUT2D eigenvalue weighted by Crippen LogP contribution is -2.36. The molecule has 8 heteroatoms. The number of nitrogens with one attached hydrogen (secondary N) is 2. The summed E-state index contributed by atoms with van der Waals surface area (Å²) in [7, 11) is 0. The molecule has 2 N–H and O–H groups in total. The van der Waals surface area contributed by atoms with Crippen LogP contribution in [0.5, 0.6) is 0 Å². The Morgan fingerprint density at radius 2 is 2.12 bits per heavy atom. The molecule has 128 valence electrons. The monoisotopic (exact) mass is 374 g/mol. The molecule has 6 nitrogen and oxygen atoms in total. The predicted octanol–water partition coefficient (Wildman–Crippen LogP) is 4.01. The molecule has 25 heavy (non-hydrogen) atoms. The van der Waals surface area contributed by atoms with Gasteiger partial charge < -0.3 is 15.1 Å². The van der Waals surface area contributed by atoms with Gasteiger partial charge in [-0.15, -0.1) is 0 Å². The number of fused-ring (bicyclic) bond motifs is 1. The van der Waals surface area contributed by atoms with Crippen molar-refractivity contribution in [2.75, 3.05) is 5.32 Å². The number of amides is 1. The van der Waals surface area contributed by atoms with Gasteiger partial charge in [0.25, 0.3) is 0 Å². The first-order chi connectivity index (χ1) is 11.9. The van der Waals surface area contributed by atoms with Crippen molar-refractivity contribution >= 4 is 51.8 Å². The van der Waals surface area contributed by atoms with Crippen LogP contribution in [0.25, 0.3) is 22.7 Å². The van der Waals surface area contributed by atoms with Crippen molar-refractivity contribution in [2.45, 2.75) is 13.8 Å². The normalized spacial score (nSPS) is 10.9. The Labute approximate surface area is 154 Å². The number of anilines is 1. The molecule has 0 unspecified atom stereocenters. The number of aromatic nitrogens is 2. The quantitative estimate of drug-likeness (QED) is 0.674. The molecule has 0 aliphatic rings. The molecule has 3 aromatic rings. The van der Waals surface area contributed by atoms with Crippen molar-refractivity contribution in [3.63, 3.8) is 0 Å². The van der Waals surface area contributed by atoms with Gasteiger partial charge in [-0.05, 0) is 42.5 Å². The summed E-state index contributed by atoms with van der Waals surface area (Å²) in [5.74, 6) is 0.0779. The van der Waals surface area contributed by atoms with E-state index >= 15 is 0 Å². The number of hydrogen-bond acceptors (Lipinski definition) is 5. The molecule has 0 saturated carbocycles. The van der Waals surface area contributed by atoms with E-state index < -0.39 is 0 Å². The van der Waals surface area contributed by atoms with Gasteiger partial charge >= 0.3 is 0 Å². The third-order valence-electron chi connectivity index (χ3n) is 3.39. The Morgan fingerprint density at radius 1 is 1.32 bits per heavy atom. The van der Waals surface area contributed by atoms with E-state index in [0.29, 0.717) is 33.4 Å². The van der Waals surface area contributed by atoms with Crippen molar-refractivity contribution in [2.24, 2.45) is 5.92 Å². The highest BCUT2D eigenvalue weighted by molar-refractivity contribution is 7.80. The number of carbonyl (C=O) groups excluding carboxylic acids is 1. The molecule has 0 radical (unpaired) electrons. The molecule has 0 atom stereocenters. The van der Waals surface area contributed by atoms with Gasteiger partial charge in [0.1, 0.15) is 0 Å². The Bertz CT molecular complexity index is 922. The lowest BCUT2D eigenvalue weighted by atomic mass is 10.2. The van der Waals surface area contributed by atoms with Gasteiger partial charge in [-0.25, -0.2) is 4.98 Å². The molecule has 0 saturated heterocycles. The first-order valence-electron chi connectivity index (χ1n) is 7.57. The van der Waals surface area contributed by atoms with E-state index in [1.165, 1.54) is 0 Å². The molecule has 0 fully saturated rings. The maximum Gasteiger partial charge on any atom is 0.228 e. The Hall–Kier alpha value is -2.51. The summed E-state index contributed by atoms with van der Waals surface area (Å²) in [4.78, 5) is 20.2. The van der Waals surface area contributed by atoms with Gasteiger partial charge in [-0.3, -0.25) is 4.79 Å². The van der Waals surface area contributed by atoms with Crippen LogP contribution in [0, 0.1) is 5.92 Å². The van der Waals surface area contributed by atoms with Crippen LogP contribution < -0.4 is 10.6 Å². The molecular formula is C17H15ClN4O2S. The summed E-state index contributed by atoms with van der Waals surface area (Å²) in [6.45, 7) is 3.57. The molecule has 2 heterocycles. The highest BCUT2D eigenvalue weighted by Crippen LogP contribution is 2.30. The van der Waals surface area contributed by atoms with E-state index in [4.69, 9.17) is 28.2 Å². The Kier molecular flexibility index (Phi) is 4.96. The van der Waals surface area contributed by atoms with Crippen molar-refractivity contribution < 1.29 is 9.21 Å². The second-order valence-electron chi connectivity index (χ2n) is 5.64. The minimum atomic E-state index is -0.172. The zero-order valence-corrected chi connectivity index (χ0v) is 15.1. The molecule has 2 aromatic heterocycles. The summed E-state index contributed by atoms with van der Waals surface area (Å²) in [5, 5.41) is 6.17. The number of nitrogens with zero attached hydrogens (tertiary/aromatic N) is 2. The van der Waals surface area contributed by atoms with E-state index in [9.17, 15) is 4.79 Å². The van der Waals surface area contributed by atoms with Crippen LogP contribution in [0.3, 0.4) is 0 Å². The van der Waals surface area contributed by atoms with Crippen LogP contribution in [0.1, 0.15) is 13.8 Å². The fourth-order valence-corrected chi connectivity index (χ4v) is 2.43. The summed E-state index contributed by atoms with van der Waals surface area (Å²) in [5.41, 5.74) is 2.38. The van der Waals surface area contributed by atoms with Gasteiger partial charge in [0.05, 0.1) is 10.7 Å². The average molecular weight is 375 g/mol. The summed E-state index contributed by atoms with van der Waals surface area (Å²) < 4.78 is 5.70. The van der Waals surface area contributed by atoms with Crippen molar-refractivity contribution in [3.05, 3.63) is 41.6 Å². The third kappa shape index (κ3) is 3.94. The topological polar surface area (TPSA) is 80.0 Å². The molecule has 0 aliphatic heterocycles. The second-order valence-corrected chi connectivity index (χ2v) is 6.45. The second kappa shape index (κ2) is 7.16. The van der Waals surface area contributed by atoms with Gasteiger partial charge in [-0.1, -0.05) is 25.4 Å². The summed E-state index contributed by atoms with van der Waals surface area (Å²) >= 11 is 11.4. The minimum Gasteiger partial charge on any atom is -0.434 e. The maximum atomic E-state index is 11.7. The highest BCUT2D eigenvalue weighted by atomic mass is 35.5. The third-order valence-corrected chi connectivity index (χ3v) is 3.92. The Balaban J connectivity index is 1.85. The predicted molar refractivity (Wildman–Crippen MR) is 101 cm³/mol. The SMILES string of the molecule is CC(C)C(=O)NC(=S)Nc1cc(-c2nc3ncccc3o2)ccc1Cl. The number of thiocarbonyl (C=S) groups is 1. The lowest BCUT2D eigenvalue weighted by Gasteiger charge is -2.12. The van der Waals surface area contributed by atoms with E-state index in [1.54, 1.807) is 50.4 Å². The zero-order valence-electron chi connectivity index (χ0n) is 13.5. The highest BCUT2D eigenvalue weighted by Gasteiger charge is 2.13. The van der Waals surface area contributed by atoms with E-state index in [0.717, 1.165) is 0 Å². The van der Waals surface area contributed by atoms with Crippen LogP contribution in [0.4, 0.5) is 5.69 Å². The maximum absolute atomic E-state index is 11.7. The molecule has 1 amide bonds. The largest absolute Gasteiger partial charge is 0.434 e. The number of hydrogen-bond donors (Lipinski definition) is 2. The number of carbonyl (C=O) groups is 1. The smallest absolute Gasteiger partial charge is 0.228 e. The number of halogens is 1. The van der Waals surface area contributed by atoms with Gasteiger partial charge in [0.2, 0.25) is 11.8 Å². The van der Waals surface area contributed by atoms with Crippen molar-refractivity contribution in [3.8, 4) is 11.5 Å². The molecule has 0 bridgehead atoms. The van der Waals surface area contributed by atoms with Gasteiger partial charge in [0.15, 0.2) is 16.3 Å². The van der Waals surface area contributed by atoms with Crippen LogP contribution in [0.2, 0.25) is 5.02 Å². The average Bonchev–Trinajstić information content (AvgIpc) is 3.00. The number of pyridine rings is 1. The van der Waals surface area contributed by atoms with Crippen LogP contribution in [-0.2, 0) is 4.79 Å². The standard InChI is InChI=1S/C17H15ClN4O2S/c1-9(2)15(23)22-17(25)20-12-8-10(5-6-11(12)18)16-21-14-13(24-16)4-3-7-19-14/h3-9H,1-2H3,(H2,20,22,23,25). The van der Waals surface area contributed by atoms with Crippen molar-refractivity contribution in [1.29, 1.82) is 0 Å². The molecule has 1 aromatic carbocycles. The van der Waals surface area contributed by atoms with Crippen LogP contribution >= 0.6 is 23.8 Å². The number of oxazole rings is 1. The van der Waals surface area contributed by atoms with Crippen molar-refractivity contribution in [1.82, 2.24) is 15.3 Å². The lowest BCUT2D eigenvalue weighted by molar-refractivity contribution is -0.122.